The van der Waals surface area contributed by atoms with Gasteiger partial charge in [0.1, 0.15) is 11.8 Å². The average molecular weight is 456 g/mol. The first kappa shape index (κ1) is 22.5. The van der Waals surface area contributed by atoms with Crippen molar-refractivity contribution in [2.75, 3.05) is 19.7 Å². The van der Waals surface area contributed by atoms with Crippen molar-refractivity contribution in [1.29, 1.82) is 0 Å². The lowest BCUT2D eigenvalue weighted by Gasteiger charge is -2.31. The quantitative estimate of drug-likeness (QED) is 0.686. The van der Waals surface area contributed by atoms with Crippen molar-refractivity contribution in [3.8, 4) is 5.75 Å². The zero-order chi connectivity index (χ0) is 22.3. The third-order valence-corrected chi connectivity index (χ3v) is 6.54. The molecule has 2 aromatic carbocycles. The Labute approximate surface area is 190 Å². The molecule has 2 aliphatic rings. The van der Waals surface area contributed by atoms with Crippen molar-refractivity contribution in [3.63, 3.8) is 0 Å². The molecule has 4 rings (SSSR count). The Morgan fingerprint density at radius 3 is 2.62 bits per heavy atom. The van der Waals surface area contributed by atoms with Gasteiger partial charge in [-0.1, -0.05) is 55.0 Å². The van der Waals surface area contributed by atoms with Crippen LogP contribution >= 0.6 is 0 Å². The molecule has 1 N–H and O–H groups in total. The first-order chi connectivity index (χ1) is 15.6. The maximum atomic E-state index is 12.9. The monoisotopic (exact) mass is 455 g/mol. The Morgan fingerprint density at radius 1 is 1.09 bits per heavy atom. The van der Waals surface area contributed by atoms with Gasteiger partial charge in [-0.25, -0.2) is 0 Å². The summed E-state index contributed by atoms with van der Waals surface area (Å²) in [4.78, 5) is 15.3. The van der Waals surface area contributed by atoms with E-state index in [0.29, 0.717) is 18.6 Å². The lowest BCUT2D eigenvalue weighted by atomic mass is 9.96. The Balaban J connectivity index is 1.48. The fourth-order valence-electron chi connectivity index (χ4n) is 4.55. The number of hydrogen-bond donors (Lipinski definition) is 1. The van der Waals surface area contributed by atoms with Gasteiger partial charge >= 0.3 is 10.5 Å². The molecule has 0 aromatic heterocycles. The van der Waals surface area contributed by atoms with Crippen molar-refractivity contribution < 1.29 is 17.9 Å². The molecule has 7 nitrogen and oxygen atoms in total. The van der Waals surface area contributed by atoms with Crippen LogP contribution in [0, 0.1) is 0 Å². The number of carbonyl (C=O) groups is 1. The number of para-hydroxylation sites is 1. The molecule has 0 spiro atoms. The molecule has 2 heterocycles. The second kappa shape index (κ2) is 10.7. The Hall–Kier alpha value is -2.71. The zero-order valence-corrected chi connectivity index (χ0v) is 18.9. The summed E-state index contributed by atoms with van der Waals surface area (Å²) >= 11 is 0. The highest BCUT2D eigenvalue weighted by Gasteiger charge is 2.27. The molecule has 32 heavy (non-hydrogen) atoms. The highest BCUT2D eigenvalue weighted by molar-refractivity contribution is 7.61. The number of carbonyl (C=O) groups excluding carboxylic acids is 1. The lowest BCUT2D eigenvalue weighted by molar-refractivity contribution is -0.122. The summed E-state index contributed by atoms with van der Waals surface area (Å²) in [5.74, 6) is 0.645. The minimum absolute atomic E-state index is 0.0296. The predicted molar refractivity (Wildman–Crippen MR) is 122 cm³/mol. The topological polar surface area (TPSA) is 88.1 Å². The van der Waals surface area contributed by atoms with Crippen LogP contribution in [0.4, 0.5) is 0 Å². The highest BCUT2D eigenvalue weighted by Crippen LogP contribution is 2.36. The summed E-state index contributed by atoms with van der Waals surface area (Å²) in [5, 5.41) is 3.09. The van der Waals surface area contributed by atoms with E-state index in [9.17, 15) is 13.2 Å². The van der Waals surface area contributed by atoms with Crippen molar-refractivity contribution in [1.82, 2.24) is 10.2 Å². The normalized spacial score (nSPS) is 19.3. The largest absolute Gasteiger partial charge is 0.493 e. The van der Waals surface area contributed by atoms with E-state index in [1.165, 1.54) is 19.3 Å². The smallest absolute Gasteiger partial charge is 0.311 e. The third-order valence-electron chi connectivity index (χ3n) is 6.11. The van der Waals surface area contributed by atoms with Gasteiger partial charge in [0.15, 0.2) is 0 Å². The zero-order valence-electron chi connectivity index (χ0n) is 18.1. The van der Waals surface area contributed by atoms with Crippen LogP contribution in [0.2, 0.25) is 0 Å². The molecule has 2 aromatic rings. The van der Waals surface area contributed by atoms with Gasteiger partial charge in [-0.15, -0.1) is 0 Å². The number of nitrogens with one attached hydrogen (secondary N) is 1. The number of amides is 1. The van der Waals surface area contributed by atoms with Crippen LogP contribution in [0.5, 0.6) is 5.75 Å². The van der Waals surface area contributed by atoms with E-state index in [2.05, 4.69) is 20.6 Å². The number of fused-ring (bicyclic) bond motifs is 1. The number of benzene rings is 2. The summed E-state index contributed by atoms with van der Waals surface area (Å²) < 4.78 is 32.2. The van der Waals surface area contributed by atoms with Crippen LogP contribution in [-0.2, 0) is 21.8 Å². The molecule has 2 aliphatic heterocycles. The third kappa shape index (κ3) is 5.75. The molecule has 0 saturated carbocycles. The summed E-state index contributed by atoms with van der Waals surface area (Å²) in [6.07, 6.45) is 4.40. The van der Waals surface area contributed by atoms with Crippen molar-refractivity contribution in [2.45, 2.75) is 50.7 Å². The van der Waals surface area contributed by atoms with E-state index in [1.807, 2.05) is 30.3 Å². The van der Waals surface area contributed by atoms with Crippen LogP contribution in [0.1, 0.15) is 60.9 Å². The van der Waals surface area contributed by atoms with Crippen LogP contribution < -0.4 is 10.1 Å². The standard InChI is InChI=1S/C24H29N3O4S/c28-23(16-22(26-32(29)30)18-8-3-1-4-9-18)25-21-12-15-31-24-19(10-7-11-20(21)24)17-27-13-5-2-6-14-27/h1,3-4,7-11,21-22H,2,5-6,12-17H2,(H,25,28). The first-order valence-electron chi connectivity index (χ1n) is 11.2. The van der Waals surface area contributed by atoms with E-state index in [-0.39, 0.29) is 18.4 Å². The SMILES string of the molecule is O=C(CC(N=S(=O)=O)c1ccccc1)NC1CCOc2c(CN3CCCCC3)cccc21. The highest BCUT2D eigenvalue weighted by atomic mass is 32.2. The van der Waals surface area contributed by atoms with E-state index >= 15 is 0 Å². The van der Waals surface area contributed by atoms with Crippen molar-refractivity contribution in [2.24, 2.45) is 4.36 Å². The Morgan fingerprint density at radius 2 is 1.88 bits per heavy atom. The summed E-state index contributed by atoms with van der Waals surface area (Å²) in [6, 6.07) is 14.3. The molecular formula is C24H29N3O4S. The van der Waals surface area contributed by atoms with Crippen LogP contribution in [0.15, 0.2) is 52.9 Å². The minimum atomic E-state index is -2.59. The molecule has 0 aliphatic carbocycles. The Bertz CT molecular complexity index is 1060. The van der Waals surface area contributed by atoms with Gasteiger partial charge in [-0.2, -0.15) is 12.8 Å². The lowest BCUT2D eigenvalue weighted by Crippen LogP contribution is -2.34. The minimum Gasteiger partial charge on any atom is -0.493 e. The molecule has 1 fully saturated rings. The number of likely N-dealkylation sites (tertiary alicyclic amines) is 1. The second-order valence-electron chi connectivity index (χ2n) is 8.38. The first-order valence-corrected chi connectivity index (χ1v) is 12.2. The molecule has 170 valence electrons. The molecule has 1 saturated heterocycles. The van der Waals surface area contributed by atoms with Gasteiger partial charge < -0.3 is 10.1 Å². The van der Waals surface area contributed by atoms with Crippen LogP contribution in [-0.4, -0.2) is 38.9 Å². The maximum absolute atomic E-state index is 12.9. The predicted octanol–water partition coefficient (Wildman–Crippen LogP) is 3.81. The van der Waals surface area contributed by atoms with Crippen molar-refractivity contribution >= 4 is 16.4 Å². The average Bonchev–Trinajstić information content (AvgIpc) is 2.80. The number of ether oxygens (including phenoxy) is 1. The number of hydrogen-bond acceptors (Lipinski definition) is 6. The van der Waals surface area contributed by atoms with Gasteiger partial charge in [-0.05, 0) is 31.5 Å². The molecule has 0 bridgehead atoms. The van der Waals surface area contributed by atoms with E-state index < -0.39 is 16.5 Å². The van der Waals surface area contributed by atoms with Gasteiger partial charge in [0.05, 0.1) is 19.1 Å². The van der Waals surface area contributed by atoms with Gasteiger partial charge in [0, 0.05) is 24.1 Å². The number of nitrogens with zero attached hydrogens (tertiary/aromatic N) is 2. The molecule has 0 radical (unpaired) electrons. The molecule has 2 atom stereocenters. The van der Waals surface area contributed by atoms with E-state index in [1.54, 1.807) is 12.1 Å². The fourth-order valence-corrected chi connectivity index (χ4v) is 4.95. The van der Waals surface area contributed by atoms with Gasteiger partial charge in [-0.3, -0.25) is 9.69 Å². The van der Waals surface area contributed by atoms with Crippen LogP contribution in [0.3, 0.4) is 0 Å². The summed E-state index contributed by atoms with van der Waals surface area (Å²) in [7, 11) is -2.59. The summed E-state index contributed by atoms with van der Waals surface area (Å²) in [6.45, 7) is 3.60. The Kier molecular flexibility index (Phi) is 7.55. The maximum Gasteiger partial charge on any atom is 0.311 e. The number of rotatable bonds is 7. The van der Waals surface area contributed by atoms with E-state index in [4.69, 9.17) is 4.74 Å². The summed E-state index contributed by atoms with van der Waals surface area (Å²) in [5.41, 5.74) is 2.84. The molecule has 8 heteroatoms. The van der Waals surface area contributed by atoms with Gasteiger partial charge in [0.2, 0.25) is 5.91 Å². The van der Waals surface area contributed by atoms with Crippen molar-refractivity contribution in [3.05, 3.63) is 65.2 Å². The fraction of sp³-hybridized carbons (Fsp3) is 0.458. The number of piperidine rings is 1. The van der Waals surface area contributed by atoms with E-state index in [0.717, 1.165) is 36.5 Å². The van der Waals surface area contributed by atoms with Gasteiger partial charge in [0.25, 0.3) is 0 Å². The molecule has 1 amide bonds. The van der Waals surface area contributed by atoms with Crippen LogP contribution in [0.25, 0.3) is 0 Å². The molecule has 2 unspecified atom stereocenters. The second-order valence-corrected chi connectivity index (χ2v) is 9.03. The molecular weight excluding hydrogens is 426 g/mol.